The van der Waals surface area contributed by atoms with Gasteiger partial charge in [0.25, 0.3) is 0 Å². The van der Waals surface area contributed by atoms with E-state index in [1.165, 1.54) is 0 Å². The van der Waals surface area contributed by atoms with Crippen LogP contribution in [0.3, 0.4) is 0 Å². The molecular formula is C9H10O4. The predicted molar refractivity (Wildman–Crippen MR) is 46.6 cm³/mol. The molecule has 0 aromatic heterocycles. The van der Waals surface area contributed by atoms with Gasteiger partial charge in [-0.25, -0.2) is 0 Å². The molecule has 1 aromatic rings. The number of carbonyl (C=O) groups excluding carboxylic acids is 1. The molecule has 0 fully saturated rings. The Morgan fingerprint density at radius 1 is 1.46 bits per heavy atom. The van der Waals surface area contributed by atoms with Gasteiger partial charge in [-0.3, -0.25) is 4.79 Å². The number of phenols is 1. The molecule has 0 spiro atoms. The first-order valence-electron chi connectivity index (χ1n) is 6.22. The van der Waals surface area contributed by atoms with Crippen LogP contribution in [0.4, 0.5) is 0 Å². The molecule has 0 atom stereocenters. The summed E-state index contributed by atoms with van der Waals surface area (Å²) in [5, 5.41) is 9.57. The van der Waals surface area contributed by atoms with Gasteiger partial charge in [0.2, 0.25) is 5.75 Å². The van der Waals surface area contributed by atoms with Crippen molar-refractivity contribution in [3.05, 3.63) is 17.7 Å². The lowest BCUT2D eigenvalue weighted by molar-refractivity contribution is 0.112. The molecule has 1 rings (SSSR count). The zero-order chi connectivity index (χ0) is 14.8. The second-order valence-corrected chi connectivity index (χ2v) is 2.19. The molecule has 0 saturated heterocycles. The average molecular weight is 188 g/mol. The van der Waals surface area contributed by atoms with Crippen molar-refractivity contribution in [1.29, 1.82) is 0 Å². The lowest BCUT2D eigenvalue weighted by atomic mass is 10.2. The number of phenolic OH excluding ortho intramolecular Hbond substituents is 1. The maximum absolute atomic E-state index is 10.6. The van der Waals surface area contributed by atoms with E-state index in [1.54, 1.807) is 0 Å². The Hall–Kier alpha value is -1.71. The minimum absolute atomic E-state index is 0.0883. The van der Waals surface area contributed by atoms with Crippen molar-refractivity contribution < 1.29 is 27.6 Å². The first kappa shape index (κ1) is 4.00. The van der Waals surface area contributed by atoms with E-state index in [-0.39, 0.29) is 5.56 Å². The quantitative estimate of drug-likeness (QED) is 0.724. The van der Waals surface area contributed by atoms with Gasteiger partial charge >= 0.3 is 0 Å². The summed E-state index contributed by atoms with van der Waals surface area (Å²) in [4.78, 5) is 10.6. The SMILES string of the molecule is [2H]C([2H])([2H])Oc1cc(C=O)cc(O)c1OC([2H])([2H])[2H]. The third-order valence-corrected chi connectivity index (χ3v) is 1.41. The van der Waals surface area contributed by atoms with Gasteiger partial charge in [0.15, 0.2) is 11.5 Å². The average Bonchev–Trinajstić information content (AvgIpc) is 2.19. The molecule has 4 nitrogen and oxygen atoms in total. The van der Waals surface area contributed by atoms with Gasteiger partial charge < -0.3 is 14.6 Å². The topological polar surface area (TPSA) is 55.8 Å². The molecule has 0 radical (unpaired) electrons. The molecule has 70 valence electrons. The van der Waals surface area contributed by atoms with Crippen LogP contribution in [0, 0.1) is 0 Å². The van der Waals surface area contributed by atoms with Crippen LogP contribution in [0.15, 0.2) is 12.1 Å². The highest BCUT2D eigenvalue weighted by Gasteiger charge is 2.10. The summed E-state index contributed by atoms with van der Waals surface area (Å²) in [6, 6.07) is 1.89. The minimum Gasteiger partial charge on any atom is -0.504 e. The lowest BCUT2D eigenvalue weighted by Crippen LogP contribution is -1.92. The molecule has 1 aromatic carbocycles. The number of benzene rings is 1. The molecule has 0 saturated carbocycles. The number of hydrogen-bond acceptors (Lipinski definition) is 4. The van der Waals surface area contributed by atoms with Crippen molar-refractivity contribution in [1.82, 2.24) is 0 Å². The van der Waals surface area contributed by atoms with E-state index < -0.39 is 31.3 Å². The van der Waals surface area contributed by atoms with Gasteiger partial charge in [-0.15, -0.1) is 0 Å². The number of carbonyl (C=O) groups is 1. The number of methoxy groups -OCH3 is 2. The largest absolute Gasteiger partial charge is 0.504 e. The number of hydrogen-bond donors (Lipinski definition) is 1. The van der Waals surface area contributed by atoms with Crippen LogP contribution < -0.4 is 9.47 Å². The molecule has 4 heteroatoms. The third-order valence-electron chi connectivity index (χ3n) is 1.41. The van der Waals surface area contributed by atoms with Crippen molar-refractivity contribution in [2.45, 2.75) is 0 Å². The Kier molecular flexibility index (Phi) is 1.17. The van der Waals surface area contributed by atoms with Gasteiger partial charge in [-0.1, -0.05) is 0 Å². The zero-order valence-corrected chi connectivity index (χ0v) is 6.40. The van der Waals surface area contributed by atoms with E-state index in [2.05, 4.69) is 9.47 Å². The first-order chi connectivity index (χ1) is 8.52. The number of aromatic hydroxyl groups is 1. The van der Waals surface area contributed by atoms with E-state index in [9.17, 15) is 9.90 Å². The lowest BCUT2D eigenvalue weighted by Gasteiger charge is -2.09. The summed E-state index contributed by atoms with van der Waals surface area (Å²) in [6.07, 6.45) is 0.339. The fourth-order valence-electron chi connectivity index (χ4n) is 0.855. The van der Waals surface area contributed by atoms with E-state index in [0.29, 0.717) is 6.29 Å². The highest BCUT2D eigenvalue weighted by molar-refractivity contribution is 5.78. The molecule has 0 aliphatic carbocycles. The fourth-order valence-corrected chi connectivity index (χ4v) is 0.855. The normalized spacial score (nSPS) is 18.2. The molecular weight excluding hydrogens is 172 g/mol. The fraction of sp³-hybridized carbons (Fsp3) is 0.222. The highest BCUT2D eigenvalue weighted by atomic mass is 16.5. The third kappa shape index (κ3) is 1.72. The second kappa shape index (κ2) is 3.80. The Labute approximate surface area is 84.1 Å². The maximum Gasteiger partial charge on any atom is 0.203 e. The molecule has 0 aliphatic rings. The maximum atomic E-state index is 10.6. The van der Waals surface area contributed by atoms with Crippen LogP contribution in [0.2, 0.25) is 0 Å². The summed E-state index contributed by atoms with van der Waals surface area (Å²) < 4.78 is 50.6. The zero-order valence-electron chi connectivity index (χ0n) is 12.4. The van der Waals surface area contributed by atoms with Crippen LogP contribution >= 0.6 is 0 Å². The van der Waals surface area contributed by atoms with Crippen molar-refractivity contribution in [2.24, 2.45) is 0 Å². The van der Waals surface area contributed by atoms with Crippen molar-refractivity contribution in [3.8, 4) is 17.2 Å². The number of rotatable bonds is 3. The summed E-state index contributed by atoms with van der Waals surface area (Å²) in [6.45, 7) is 0. The summed E-state index contributed by atoms with van der Waals surface area (Å²) in [7, 11) is -5.80. The Bertz CT molecular complexity index is 479. The molecule has 13 heavy (non-hydrogen) atoms. The monoisotopic (exact) mass is 188 g/mol. The molecule has 1 N–H and O–H groups in total. The van der Waals surface area contributed by atoms with E-state index in [0.717, 1.165) is 12.1 Å². The molecule has 0 amide bonds. The molecule has 0 aliphatic heterocycles. The van der Waals surface area contributed by atoms with Gasteiger partial charge in [0.05, 0.1) is 22.3 Å². The Balaban J connectivity index is 3.29. The van der Waals surface area contributed by atoms with Crippen LogP contribution in [-0.2, 0) is 0 Å². The van der Waals surface area contributed by atoms with E-state index in [1.807, 2.05) is 0 Å². The second-order valence-electron chi connectivity index (χ2n) is 2.19. The molecule has 0 unspecified atom stereocenters. The van der Waals surface area contributed by atoms with Crippen LogP contribution in [0.5, 0.6) is 17.2 Å². The van der Waals surface area contributed by atoms with Crippen molar-refractivity contribution in [2.75, 3.05) is 14.1 Å². The van der Waals surface area contributed by atoms with Gasteiger partial charge in [-0.05, 0) is 12.1 Å². The van der Waals surface area contributed by atoms with Gasteiger partial charge in [-0.2, -0.15) is 0 Å². The standard InChI is InChI=1S/C9H10O4/c1-12-8-4-6(5-10)3-7(11)9(8)13-2/h3-5,11H,1-2H3/i1D3,2D3. The Morgan fingerprint density at radius 3 is 2.85 bits per heavy atom. The first-order valence-corrected chi connectivity index (χ1v) is 3.22. The summed E-state index contributed by atoms with van der Waals surface area (Å²) in [5.74, 6) is -1.93. The summed E-state index contributed by atoms with van der Waals surface area (Å²) >= 11 is 0. The van der Waals surface area contributed by atoms with Gasteiger partial charge in [0, 0.05) is 5.56 Å². The van der Waals surface area contributed by atoms with E-state index in [4.69, 9.17) is 8.22 Å². The minimum atomic E-state index is -2.91. The van der Waals surface area contributed by atoms with Crippen LogP contribution in [-0.4, -0.2) is 25.5 Å². The number of ether oxygens (including phenoxy) is 2. The molecule has 0 bridgehead atoms. The van der Waals surface area contributed by atoms with Gasteiger partial charge in [0.1, 0.15) is 6.29 Å². The van der Waals surface area contributed by atoms with E-state index >= 15 is 0 Å². The van der Waals surface area contributed by atoms with Crippen molar-refractivity contribution in [3.63, 3.8) is 0 Å². The van der Waals surface area contributed by atoms with Crippen LogP contribution in [0.1, 0.15) is 18.6 Å². The highest BCUT2D eigenvalue weighted by Crippen LogP contribution is 2.36. The molecule has 0 heterocycles. The van der Waals surface area contributed by atoms with Crippen molar-refractivity contribution >= 4 is 6.29 Å². The predicted octanol–water partition coefficient (Wildman–Crippen LogP) is 1.22. The smallest absolute Gasteiger partial charge is 0.203 e. The Morgan fingerprint density at radius 2 is 2.23 bits per heavy atom. The number of aldehydes is 1. The van der Waals surface area contributed by atoms with Crippen LogP contribution in [0.25, 0.3) is 0 Å². The summed E-state index contributed by atoms with van der Waals surface area (Å²) in [5.41, 5.74) is -0.0883.